The summed E-state index contributed by atoms with van der Waals surface area (Å²) in [5.74, 6) is 0.0150. The van der Waals surface area contributed by atoms with Crippen LogP contribution in [0.15, 0.2) is 0 Å². The van der Waals surface area contributed by atoms with Gasteiger partial charge >= 0.3 is 0 Å². The first-order chi connectivity index (χ1) is 5.10. The number of carbonyl (C=O) groups excluding carboxylic acids is 2. The molecule has 1 aliphatic heterocycles. The topological polar surface area (TPSA) is 37.4 Å². The summed E-state index contributed by atoms with van der Waals surface area (Å²) in [4.78, 5) is 21.6. The normalized spacial score (nSPS) is 29.8. The van der Waals surface area contributed by atoms with E-state index in [0.717, 1.165) is 12.7 Å². The van der Waals surface area contributed by atoms with Gasteiger partial charge in [0.25, 0.3) is 0 Å². The number of rotatable bonds is 1. The lowest BCUT2D eigenvalue weighted by atomic mass is 10.0. The largest absolute Gasteiger partial charge is 0.301 e. The maximum Gasteiger partial charge on any atom is 0.228 e. The predicted octanol–water partition coefficient (Wildman–Crippen LogP) is 0.884. The van der Waals surface area contributed by atoms with E-state index in [9.17, 15) is 9.59 Å². The number of halogens is 1. The van der Waals surface area contributed by atoms with E-state index in [1.807, 2.05) is 6.92 Å². The van der Waals surface area contributed by atoms with Gasteiger partial charge in [0.2, 0.25) is 5.91 Å². The number of nitrogens with zero attached hydrogens (tertiary/aromatic N) is 1. The molecule has 0 aromatic heterocycles. The van der Waals surface area contributed by atoms with Gasteiger partial charge in [-0.15, -0.1) is 0 Å². The highest BCUT2D eigenvalue weighted by Crippen LogP contribution is 2.30. The van der Waals surface area contributed by atoms with E-state index in [1.54, 1.807) is 3.11 Å². The minimum atomic E-state index is -0.529. The molecule has 11 heavy (non-hydrogen) atoms. The molecule has 1 rings (SSSR count). The van der Waals surface area contributed by atoms with Crippen LogP contribution < -0.4 is 0 Å². The van der Waals surface area contributed by atoms with Crippen molar-refractivity contribution >= 4 is 37.2 Å². The smallest absolute Gasteiger partial charge is 0.228 e. The summed E-state index contributed by atoms with van der Waals surface area (Å²) in [5, 5.41) is 0. The standard InChI is InChI=1S/C7H10INO2/c1-6(11)9-7(2,5-10)3-4-8-9/h4-5H,3H2,1-2H3. The maximum atomic E-state index is 11.0. The number of amides is 1. The van der Waals surface area contributed by atoms with Crippen LogP contribution in [0, 0.1) is 0 Å². The van der Waals surface area contributed by atoms with E-state index in [0.29, 0.717) is 0 Å². The number of hydrogen-bond acceptors (Lipinski definition) is 2. The molecule has 0 fully saturated rings. The molecule has 0 spiro atoms. The maximum absolute atomic E-state index is 11.0. The molecule has 1 heterocycles. The molecule has 0 aliphatic carbocycles. The quantitative estimate of drug-likeness (QED) is 0.402. The average molecular weight is 267 g/mol. The summed E-state index contributed by atoms with van der Waals surface area (Å²) in [6.45, 7) is 3.32. The van der Waals surface area contributed by atoms with Gasteiger partial charge in [-0.25, -0.2) is 0 Å². The van der Waals surface area contributed by atoms with E-state index >= 15 is 0 Å². The van der Waals surface area contributed by atoms with E-state index < -0.39 is 5.54 Å². The van der Waals surface area contributed by atoms with Crippen LogP contribution in [0.1, 0.15) is 20.3 Å². The molecule has 0 radical (unpaired) electrons. The zero-order valence-electron chi connectivity index (χ0n) is 6.50. The second-order valence-electron chi connectivity index (χ2n) is 2.73. The van der Waals surface area contributed by atoms with Crippen molar-refractivity contribution in [1.29, 1.82) is 0 Å². The third-order valence-corrected chi connectivity index (χ3v) is 4.81. The molecule has 0 saturated carbocycles. The lowest BCUT2D eigenvalue weighted by Gasteiger charge is -2.26. The number of hydrogen-bond donors (Lipinski definition) is 0. The number of carbonyl (C=O) groups is 2. The second-order valence-corrected chi connectivity index (χ2v) is 5.13. The van der Waals surface area contributed by atoms with Crippen molar-refractivity contribution in [3.05, 3.63) is 0 Å². The Morgan fingerprint density at radius 3 is 2.82 bits per heavy atom. The summed E-state index contributed by atoms with van der Waals surface area (Å²) >= 11 is -0.333. The molecule has 0 aromatic rings. The van der Waals surface area contributed by atoms with Crippen LogP contribution in [-0.4, -0.2) is 24.9 Å². The Hall–Kier alpha value is -0.260. The molecule has 0 saturated heterocycles. The predicted molar refractivity (Wildman–Crippen MR) is 51.7 cm³/mol. The Morgan fingerprint density at radius 1 is 1.82 bits per heavy atom. The molecular weight excluding hydrogens is 257 g/mol. The first-order valence-electron chi connectivity index (χ1n) is 3.32. The van der Waals surface area contributed by atoms with Gasteiger partial charge in [-0.2, -0.15) is 0 Å². The van der Waals surface area contributed by atoms with E-state index in [-0.39, 0.29) is 26.9 Å². The molecule has 62 valence electrons. The van der Waals surface area contributed by atoms with Crippen LogP contribution >= 0.6 is 21.0 Å². The van der Waals surface area contributed by atoms with Gasteiger partial charge in [0.1, 0.15) is 11.8 Å². The van der Waals surface area contributed by atoms with Crippen LogP contribution in [-0.2, 0) is 9.59 Å². The molecule has 1 unspecified atom stereocenters. The molecule has 0 bridgehead atoms. The molecule has 1 atom stereocenters. The van der Waals surface area contributed by atoms with Crippen LogP contribution in [0.5, 0.6) is 0 Å². The van der Waals surface area contributed by atoms with Crippen molar-refractivity contribution in [2.75, 3.05) is 0 Å². The van der Waals surface area contributed by atoms with Crippen molar-refractivity contribution in [2.24, 2.45) is 0 Å². The molecule has 1 amide bonds. The SMILES string of the molecule is CC(=O)N1I=CCC1(C)C=O. The van der Waals surface area contributed by atoms with Gasteiger partial charge in [-0.3, -0.25) is 7.91 Å². The third-order valence-electron chi connectivity index (χ3n) is 1.64. The van der Waals surface area contributed by atoms with Crippen LogP contribution in [0.3, 0.4) is 0 Å². The summed E-state index contributed by atoms with van der Waals surface area (Å²) in [7, 11) is 0. The van der Waals surface area contributed by atoms with Gasteiger partial charge in [0, 0.05) is 13.3 Å². The lowest BCUT2D eigenvalue weighted by molar-refractivity contribution is -0.130. The number of aldehydes is 1. The third kappa shape index (κ3) is 1.50. The average Bonchev–Trinajstić information content (AvgIpc) is 2.32. The van der Waals surface area contributed by atoms with E-state index in [2.05, 4.69) is 4.01 Å². The van der Waals surface area contributed by atoms with Crippen molar-refractivity contribution in [3.63, 3.8) is 0 Å². The molecule has 0 N–H and O–H groups in total. The van der Waals surface area contributed by atoms with Crippen LogP contribution in [0.25, 0.3) is 0 Å². The Bertz CT molecular complexity index is 226. The highest BCUT2D eigenvalue weighted by Gasteiger charge is 2.35. The highest BCUT2D eigenvalue weighted by molar-refractivity contribution is 14.2. The van der Waals surface area contributed by atoms with Gasteiger partial charge < -0.3 is 4.79 Å². The fraction of sp³-hybridized carbons (Fsp3) is 0.571. The van der Waals surface area contributed by atoms with Crippen LogP contribution in [0.4, 0.5) is 0 Å². The summed E-state index contributed by atoms with van der Waals surface area (Å²) < 4.78 is 3.76. The first kappa shape index (κ1) is 8.83. The summed E-state index contributed by atoms with van der Waals surface area (Å²) in [5.41, 5.74) is -0.529. The fourth-order valence-electron chi connectivity index (χ4n) is 0.974. The lowest BCUT2D eigenvalue weighted by Crippen LogP contribution is -2.41. The molecule has 1 aliphatic rings. The monoisotopic (exact) mass is 267 g/mol. The molecular formula is C7H10INO2. The Labute approximate surface area is 75.9 Å². The Kier molecular flexibility index (Phi) is 2.41. The van der Waals surface area contributed by atoms with Gasteiger partial charge in [0.15, 0.2) is 0 Å². The van der Waals surface area contributed by atoms with Gasteiger partial charge in [-0.05, 0) is 31.9 Å². The van der Waals surface area contributed by atoms with Crippen molar-refractivity contribution in [1.82, 2.24) is 3.11 Å². The van der Waals surface area contributed by atoms with Crippen molar-refractivity contribution in [2.45, 2.75) is 25.8 Å². The first-order valence-corrected chi connectivity index (χ1v) is 5.54. The summed E-state index contributed by atoms with van der Waals surface area (Å²) in [6.07, 6.45) is 1.60. The van der Waals surface area contributed by atoms with E-state index in [1.165, 1.54) is 6.92 Å². The molecule has 0 aromatic carbocycles. The minimum absolute atomic E-state index is 0.0150. The minimum Gasteiger partial charge on any atom is -0.301 e. The van der Waals surface area contributed by atoms with Gasteiger partial charge in [0.05, 0.1) is 0 Å². The molecule has 3 nitrogen and oxygen atoms in total. The van der Waals surface area contributed by atoms with Gasteiger partial charge in [-0.1, -0.05) is 0 Å². The Balaban J connectivity index is 2.86. The summed E-state index contributed by atoms with van der Waals surface area (Å²) in [6, 6.07) is 0. The Morgan fingerprint density at radius 2 is 2.45 bits per heavy atom. The zero-order valence-corrected chi connectivity index (χ0v) is 8.66. The van der Waals surface area contributed by atoms with Crippen LogP contribution in [0.2, 0.25) is 0 Å². The van der Waals surface area contributed by atoms with Crippen molar-refractivity contribution < 1.29 is 9.59 Å². The zero-order chi connectivity index (χ0) is 8.48. The fourth-order valence-corrected chi connectivity index (χ4v) is 3.80. The van der Waals surface area contributed by atoms with Crippen molar-refractivity contribution in [3.8, 4) is 0 Å². The second kappa shape index (κ2) is 3.00. The van der Waals surface area contributed by atoms with E-state index in [4.69, 9.17) is 0 Å². The molecule has 4 heteroatoms. The highest BCUT2D eigenvalue weighted by atomic mass is 127.